The molecule has 0 aromatic heterocycles. The molecular weight excluding hydrogens is 315 g/mol. The third kappa shape index (κ3) is 6.22. The van der Waals surface area contributed by atoms with Crippen molar-refractivity contribution in [1.29, 1.82) is 0 Å². The van der Waals surface area contributed by atoms with Crippen molar-refractivity contribution in [2.75, 3.05) is 25.4 Å². The van der Waals surface area contributed by atoms with E-state index in [9.17, 15) is 14.0 Å². The van der Waals surface area contributed by atoms with Crippen molar-refractivity contribution in [1.82, 2.24) is 10.2 Å². The van der Waals surface area contributed by atoms with E-state index in [0.29, 0.717) is 36.6 Å². The van der Waals surface area contributed by atoms with Crippen LogP contribution in [0.3, 0.4) is 0 Å². The average Bonchev–Trinajstić information content (AvgIpc) is 2.74. The van der Waals surface area contributed by atoms with Gasteiger partial charge in [-0.1, -0.05) is 24.6 Å². The summed E-state index contributed by atoms with van der Waals surface area (Å²) < 4.78 is 13.4. The van der Waals surface area contributed by atoms with Crippen LogP contribution in [0.25, 0.3) is 0 Å². The van der Waals surface area contributed by atoms with Crippen LogP contribution in [-0.2, 0) is 15.3 Å². The molecule has 2 rings (SSSR count). The maximum Gasteiger partial charge on any atom is 0.239 e. The van der Waals surface area contributed by atoms with Crippen molar-refractivity contribution in [2.24, 2.45) is 0 Å². The highest BCUT2D eigenvalue weighted by Gasteiger charge is 2.18. The molecule has 126 valence electrons. The van der Waals surface area contributed by atoms with Crippen LogP contribution in [0, 0.1) is 5.82 Å². The number of thioether (sulfide) groups is 1. The maximum atomic E-state index is 13.4. The molecule has 23 heavy (non-hydrogen) atoms. The Morgan fingerprint density at radius 2 is 2.09 bits per heavy atom. The third-order valence-electron chi connectivity index (χ3n) is 3.79. The first-order valence-electron chi connectivity index (χ1n) is 8.02. The van der Waals surface area contributed by atoms with Crippen LogP contribution >= 0.6 is 11.8 Å². The fourth-order valence-corrected chi connectivity index (χ4v) is 3.34. The summed E-state index contributed by atoms with van der Waals surface area (Å²) in [6, 6.07) is 6.72. The van der Waals surface area contributed by atoms with Gasteiger partial charge in [0.2, 0.25) is 11.8 Å². The Balaban J connectivity index is 1.61. The summed E-state index contributed by atoms with van der Waals surface area (Å²) in [5, 5.41) is 2.82. The van der Waals surface area contributed by atoms with Gasteiger partial charge in [0.1, 0.15) is 5.82 Å². The summed E-state index contributed by atoms with van der Waals surface area (Å²) in [6.07, 6.45) is 3.49. The number of nitrogens with one attached hydrogen (secondary N) is 1. The predicted molar refractivity (Wildman–Crippen MR) is 90.6 cm³/mol. The highest BCUT2D eigenvalue weighted by molar-refractivity contribution is 7.98. The van der Waals surface area contributed by atoms with Crippen LogP contribution < -0.4 is 5.32 Å². The molecule has 1 N–H and O–H groups in total. The first-order valence-corrected chi connectivity index (χ1v) is 9.18. The van der Waals surface area contributed by atoms with E-state index in [1.54, 1.807) is 28.8 Å². The van der Waals surface area contributed by atoms with Crippen molar-refractivity contribution in [2.45, 2.75) is 31.4 Å². The SMILES string of the molecule is O=C(CN1CCCCCC1=O)NCCSCc1ccccc1F. The van der Waals surface area contributed by atoms with Crippen molar-refractivity contribution in [3.63, 3.8) is 0 Å². The average molecular weight is 338 g/mol. The van der Waals surface area contributed by atoms with E-state index in [2.05, 4.69) is 5.32 Å². The topological polar surface area (TPSA) is 49.4 Å². The van der Waals surface area contributed by atoms with Crippen LogP contribution in [0.4, 0.5) is 4.39 Å². The van der Waals surface area contributed by atoms with Crippen molar-refractivity contribution in [3.8, 4) is 0 Å². The van der Waals surface area contributed by atoms with Gasteiger partial charge < -0.3 is 10.2 Å². The van der Waals surface area contributed by atoms with E-state index < -0.39 is 0 Å². The number of amides is 2. The van der Waals surface area contributed by atoms with Gasteiger partial charge in [0.15, 0.2) is 0 Å². The molecule has 1 aromatic carbocycles. The van der Waals surface area contributed by atoms with E-state index in [1.165, 1.54) is 6.07 Å². The molecule has 0 saturated carbocycles. The smallest absolute Gasteiger partial charge is 0.239 e. The van der Waals surface area contributed by atoms with E-state index in [0.717, 1.165) is 19.3 Å². The summed E-state index contributed by atoms with van der Waals surface area (Å²) in [5.74, 6) is 1.07. The Hall–Kier alpha value is -1.56. The second-order valence-corrected chi connectivity index (χ2v) is 6.73. The molecule has 1 aromatic rings. The third-order valence-corrected chi connectivity index (χ3v) is 4.80. The molecule has 0 atom stereocenters. The summed E-state index contributed by atoms with van der Waals surface area (Å²) in [6.45, 7) is 1.35. The number of halogens is 1. The Morgan fingerprint density at radius 3 is 2.91 bits per heavy atom. The van der Waals surface area contributed by atoms with Crippen LogP contribution in [0.15, 0.2) is 24.3 Å². The molecule has 0 radical (unpaired) electrons. The first-order chi connectivity index (χ1) is 11.2. The molecule has 1 aliphatic heterocycles. The summed E-state index contributed by atoms with van der Waals surface area (Å²) >= 11 is 1.58. The molecule has 2 amide bonds. The molecule has 6 heteroatoms. The number of likely N-dealkylation sites (tertiary alicyclic amines) is 1. The van der Waals surface area contributed by atoms with Gasteiger partial charge in [-0.25, -0.2) is 4.39 Å². The standard InChI is InChI=1S/C17H23FN2O2S/c18-15-7-4-3-6-14(15)13-23-11-9-19-16(21)12-20-10-5-1-2-8-17(20)22/h3-4,6-7H,1-2,5,8-13H2,(H,19,21). The zero-order valence-corrected chi connectivity index (χ0v) is 14.0. The van der Waals surface area contributed by atoms with Crippen LogP contribution in [0.1, 0.15) is 31.2 Å². The largest absolute Gasteiger partial charge is 0.354 e. The van der Waals surface area contributed by atoms with Gasteiger partial charge in [0.05, 0.1) is 6.54 Å². The summed E-state index contributed by atoms with van der Waals surface area (Å²) in [5.41, 5.74) is 0.680. The number of hydrogen-bond acceptors (Lipinski definition) is 3. The van der Waals surface area contributed by atoms with E-state index in [4.69, 9.17) is 0 Å². The molecule has 0 spiro atoms. The lowest BCUT2D eigenvalue weighted by atomic mass is 10.2. The molecule has 0 unspecified atom stereocenters. The van der Waals surface area contributed by atoms with Gasteiger partial charge in [0, 0.05) is 31.0 Å². The second kappa shape index (κ2) is 9.55. The zero-order chi connectivity index (χ0) is 16.5. The lowest BCUT2D eigenvalue weighted by molar-refractivity contribution is -0.135. The Morgan fingerprint density at radius 1 is 1.26 bits per heavy atom. The molecule has 4 nitrogen and oxygen atoms in total. The minimum absolute atomic E-state index is 0.0755. The van der Waals surface area contributed by atoms with Crippen molar-refractivity contribution in [3.05, 3.63) is 35.6 Å². The quantitative estimate of drug-likeness (QED) is 0.778. The van der Waals surface area contributed by atoms with Gasteiger partial charge in [-0.2, -0.15) is 11.8 Å². The van der Waals surface area contributed by atoms with Crippen LogP contribution in [0.2, 0.25) is 0 Å². The normalized spacial score (nSPS) is 15.3. The molecule has 0 aliphatic carbocycles. The fraction of sp³-hybridized carbons (Fsp3) is 0.529. The molecule has 1 fully saturated rings. The van der Waals surface area contributed by atoms with Gasteiger partial charge >= 0.3 is 0 Å². The monoisotopic (exact) mass is 338 g/mol. The number of benzene rings is 1. The zero-order valence-electron chi connectivity index (χ0n) is 13.2. The van der Waals surface area contributed by atoms with E-state index >= 15 is 0 Å². The predicted octanol–water partition coefficient (Wildman–Crippen LogP) is 2.58. The summed E-state index contributed by atoms with van der Waals surface area (Å²) in [4.78, 5) is 25.4. The highest BCUT2D eigenvalue weighted by atomic mass is 32.2. The number of nitrogens with zero attached hydrogens (tertiary/aromatic N) is 1. The van der Waals surface area contributed by atoms with Gasteiger partial charge in [-0.3, -0.25) is 9.59 Å². The number of hydrogen-bond donors (Lipinski definition) is 1. The molecular formula is C17H23FN2O2S. The summed E-state index contributed by atoms with van der Waals surface area (Å²) in [7, 11) is 0. The second-order valence-electron chi connectivity index (χ2n) is 5.62. The number of rotatable bonds is 7. The van der Waals surface area contributed by atoms with Crippen LogP contribution in [-0.4, -0.2) is 42.1 Å². The van der Waals surface area contributed by atoms with E-state index in [1.807, 2.05) is 6.07 Å². The Kier molecular flexibility index (Phi) is 7.39. The van der Waals surface area contributed by atoms with E-state index in [-0.39, 0.29) is 24.2 Å². The highest BCUT2D eigenvalue weighted by Crippen LogP contribution is 2.14. The number of carbonyl (C=O) groups is 2. The van der Waals surface area contributed by atoms with Crippen molar-refractivity contribution < 1.29 is 14.0 Å². The fourth-order valence-electron chi connectivity index (χ4n) is 2.50. The van der Waals surface area contributed by atoms with Gasteiger partial charge in [-0.15, -0.1) is 0 Å². The molecule has 1 saturated heterocycles. The Labute approximate surface area is 140 Å². The maximum absolute atomic E-state index is 13.4. The minimum Gasteiger partial charge on any atom is -0.354 e. The lowest BCUT2D eigenvalue weighted by Crippen LogP contribution is -2.41. The van der Waals surface area contributed by atoms with Crippen LogP contribution in [0.5, 0.6) is 0 Å². The Bertz CT molecular complexity index is 539. The number of carbonyl (C=O) groups excluding carboxylic acids is 2. The van der Waals surface area contributed by atoms with Crippen molar-refractivity contribution >= 4 is 23.6 Å². The molecule has 1 heterocycles. The molecule has 0 bridgehead atoms. The minimum atomic E-state index is -0.191. The van der Waals surface area contributed by atoms with Gasteiger partial charge in [0.25, 0.3) is 0 Å². The molecule has 1 aliphatic rings. The van der Waals surface area contributed by atoms with Gasteiger partial charge in [-0.05, 0) is 24.5 Å². The lowest BCUT2D eigenvalue weighted by Gasteiger charge is -2.19. The first kappa shape index (κ1) is 17.8.